The molecular weight excluding hydrogens is 240 g/mol. The van der Waals surface area contributed by atoms with Crippen molar-refractivity contribution in [2.75, 3.05) is 26.7 Å². The second kappa shape index (κ2) is 7.25. The minimum Gasteiger partial charge on any atom is -0.393 e. The third-order valence-corrected chi connectivity index (χ3v) is 4.64. The minimum absolute atomic E-state index is 0.137. The van der Waals surface area contributed by atoms with Crippen LogP contribution in [0.1, 0.15) is 44.9 Å². The van der Waals surface area contributed by atoms with Gasteiger partial charge in [-0.25, -0.2) is 0 Å². The number of hydrogen-bond acceptors (Lipinski definition) is 3. The van der Waals surface area contributed by atoms with E-state index in [4.69, 9.17) is 0 Å². The smallest absolute Gasteiger partial charge is 0.223 e. The highest BCUT2D eigenvalue weighted by atomic mass is 16.3. The van der Waals surface area contributed by atoms with E-state index in [0.717, 1.165) is 44.6 Å². The predicted octanol–water partition coefficient (Wildman–Crippen LogP) is 1.39. The van der Waals surface area contributed by atoms with E-state index in [-0.39, 0.29) is 17.9 Å². The summed E-state index contributed by atoms with van der Waals surface area (Å²) in [5.74, 6) is 1.08. The molecule has 1 heterocycles. The van der Waals surface area contributed by atoms with Crippen molar-refractivity contribution in [2.24, 2.45) is 11.8 Å². The first-order chi connectivity index (χ1) is 9.15. The van der Waals surface area contributed by atoms with Crippen molar-refractivity contribution in [3.63, 3.8) is 0 Å². The number of aliphatic hydroxyl groups is 1. The zero-order chi connectivity index (χ0) is 13.7. The summed E-state index contributed by atoms with van der Waals surface area (Å²) < 4.78 is 0. The van der Waals surface area contributed by atoms with Crippen LogP contribution in [0.2, 0.25) is 0 Å². The van der Waals surface area contributed by atoms with E-state index in [9.17, 15) is 9.90 Å². The van der Waals surface area contributed by atoms with Crippen LogP contribution in [0.4, 0.5) is 0 Å². The summed E-state index contributed by atoms with van der Waals surface area (Å²) in [4.78, 5) is 14.4. The number of aliphatic hydroxyl groups excluding tert-OH is 1. The van der Waals surface area contributed by atoms with E-state index >= 15 is 0 Å². The molecule has 2 N–H and O–H groups in total. The lowest BCUT2D eigenvalue weighted by atomic mass is 9.87. The Morgan fingerprint density at radius 1 is 1.26 bits per heavy atom. The van der Waals surface area contributed by atoms with Crippen molar-refractivity contribution in [1.82, 2.24) is 10.2 Å². The van der Waals surface area contributed by atoms with E-state index in [2.05, 4.69) is 17.3 Å². The Bertz CT molecular complexity index is 288. The van der Waals surface area contributed by atoms with Crippen LogP contribution >= 0.6 is 0 Å². The summed E-state index contributed by atoms with van der Waals surface area (Å²) in [7, 11) is 2.18. The third-order valence-electron chi connectivity index (χ3n) is 4.64. The quantitative estimate of drug-likeness (QED) is 0.810. The molecule has 4 nitrogen and oxygen atoms in total. The van der Waals surface area contributed by atoms with Gasteiger partial charge < -0.3 is 15.3 Å². The molecule has 1 aliphatic carbocycles. The predicted molar refractivity (Wildman–Crippen MR) is 75.8 cm³/mol. The standard InChI is InChI=1S/C15H28N2O2/c1-17-10-2-3-12(11-17)8-9-16-15(19)13-4-6-14(18)7-5-13/h12-14,18H,2-11H2,1H3,(H,16,19). The van der Waals surface area contributed by atoms with Gasteiger partial charge in [0.2, 0.25) is 5.91 Å². The van der Waals surface area contributed by atoms with E-state index < -0.39 is 0 Å². The highest BCUT2D eigenvalue weighted by molar-refractivity contribution is 5.78. The molecule has 2 rings (SSSR count). The van der Waals surface area contributed by atoms with Crippen LogP contribution in [0.25, 0.3) is 0 Å². The van der Waals surface area contributed by atoms with Gasteiger partial charge in [0, 0.05) is 19.0 Å². The molecule has 1 amide bonds. The molecule has 1 saturated carbocycles. The molecule has 2 fully saturated rings. The summed E-state index contributed by atoms with van der Waals surface area (Å²) in [6.45, 7) is 3.20. The van der Waals surface area contributed by atoms with Crippen LogP contribution in [0.5, 0.6) is 0 Å². The van der Waals surface area contributed by atoms with Crippen molar-refractivity contribution >= 4 is 5.91 Å². The number of piperidine rings is 1. The lowest BCUT2D eigenvalue weighted by molar-refractivity contribution is -0.126. The fraction of sp³-hybridized carbons (Fsp3) is 0.933. The zero-order valence-electron chi connectivity index (χ0n) is 12.1. The van der Waals surface area contributed by atoms with Gasteiger partial charge in [0.15, 0.2) is 0 Å². The monoisotopic (exact) mass is 268 g/mol. The summed E-state index contributed by atoms with van der Waals surface area (Å²) in [5.41, 5.74) is 0. The van der Waals surface area contributed by atoms with Crippen molar-refractivity contribution in [2.45, 2.75) is 51.0 Å². The van der Waals surface area contributed by atoms with Crippen LogP contribution in [-0.2, 0) is 4.79 Å². The average molecular weight is 268 g/mol. The molecular formula is C15H28N2O2. The maximum atomic E-state index is 12.0. The molecule has 110 valence electrons. The molecule has 0 bridgehead atoms. The number of hydrogen-bond donors (Lipinski definition) is 2. The molecule has 1 unspecified atom stereocenters. The second-order valence-electron chi connectivity index (χ2n) is 6.36. The first kappa shape index (κ1) is 14.8. The van der Waals surface area contributed by atoms with E-state index in [0.29, 0.717) is 0 Å². The first-order valence-electron chi connectivity index (χ1n) is 7.79. The van der Waals surface area contributed by atoms with Crippen molar-refractivity contribution in [1.29, 1.82) is 0 Å². The largest absolute Gasteiger partial charge is 0.393 e. The summed E-state index contributed by atoms with van der Waals surface area (Å²) in [5, 5.41) is 12.5. The number of likely N-dealkylation sites (tertiary alicyclic amines) is 1. The van der Waals surface area contributed by atoms with E-state index in [1.807, 2.05) is 0 Å². The first-order valence-corrected chi connectivity index (χ1v) is 7.79. The highest BCUT2D eigenvalue weighted by Gasteiger charge is 2.25. The van der Waals surface area contributed by atoms with Gasteiger partial charge in [-0.1, -0.05) is 0 Å². The van der Waals surface area contributed by atoms with E-state index in [1.165, 1.54) is 25.9 Å². The Balaban J connectivity index is 1.61. The molecule has 0 aromatic heterocycles. The van der Waals surface area contributed by atoms with Gasteiger partial charge >= 0.3 is 0 Å². The van der Waals surface area contributed by atoms with Crippen LogP contribution in [0.15, 0.2) is 0 Å². The summed E-state index contributed by atoms with van der Waals surface area (Å²) in [6, 6.07) is 0. The molecule has 4 heteroatoms. The normalized spacial score (nSPS) is 33.1. The lowest BCUT2D eigenvalue weighted by Gasteiger charge is -2.30. The highest BCUT2D eigenvalue weighted by Crippen LogP contribution is 2.24. The van der Waals surface area contributed by atoms with Gasteiger partial charge in [0.05, 0.1) is 6.10 Å². The molecule has 19 heavy (non-hydrogen) atoms. The van der Waals surface area contributed by atoms with Crippen molar-refractivity contribution in [3.8, 4) is 0 Å². The van der Waals surface area contributed by atoms with Crippen LogP contribution in [0.3, 0.4) is 0 Å². The summed E-state index contributed by atoms with van der Waals surface area (Å²) >= 11 is 0. The third kappa shape index (κ3) is 4.77. The Morgan fingerprint density at radius 3 is 2.68 bits per heavy atom. The minimum atomic E-state index is -0.179. The number of rotatable bonds is 4. The topological polar surface area (TPSA) is 52.6 Å². The maximum absolute atomic E-state index is 12.0. The zero-order valence-corrected chi connectivity index (χ0v) is 12.1. The number of nitrogens with one attached hydrogen (secondary N) is 1. The van der Waals surface area contributed by atoms with Gasteiger partial charge in [0.1, 0.15) is 0 Å². The lowest BCUT2D eigenvalue weighted by Crippen LogP contribution is -2.37. The molecule has 0 aromatic carbocycles. The number of nitrogens with zero attached hydrogens (tertiary/aromatic N) is 1. The van der Waals surface area contributed by atoms with Crippen LogP contribution in [0, 0.1) is 11.8 Å². The Morgan fingerprint density at radius 2 is 2.00 bits per heavy atom. The van der Waals surface area contributed by atoms with Gasteiger partial charge in [-0.15, -0.1) is 0 Å². The SMILES string of the molecule is CN1CCCC(CCNC(=O)C2CCC(O)CC2)C1. The molecule has 0 aromatic rings. The van der Waals surface area contributed by atoms with Gasteiger partial charge in [-0.05, 0) is 64.5 Å². The number of carbonyl (C=O) groups is 1. The van der Waals surface area contributed by atoms with Gasteiger partial charge in [-0.3, -0.25) is 4.79 Å². The molecule has 0 radical (unpaired) electrons. The molecule has 2 aliphatic rings. The number of carbonyl (C=O) groups excluding carboxylic acids is 1. The average Bonchev–Trinajstić information content (AvgIpc) is 2.39. The molecule has 1 atom stereocenters. The van der Waals surface area contributed by atoms with Crippen molar-refractivity contribution in [3.05, 3.63) is 0 Å². The Labute approximate surface area is 116 Å². The Kier molecular flexibility index (Phi) is 5.64. The van der Waals surface area contributed by atoms with Gasteiger partial charge in [-0.2, -0.15) is 0 Å². The summed E-state index contributed by atoms with van der Waals surface area (Å²) in [6.07, 6.45) is 6.77. The fourth-order valence-corrected chi connectivity index (χ4v) is 3.39. The molecule has 1 saturated heterocycles. The van der Waals surface area contributed by atoms with Crippen LogP contribution < -0.4 is 5.32 Å². The maximum Gasteiger partial charge on any atom is 0.223 e. The fourth-order valence-electron chi connectivity index (χ4n) is 3.39. The van der Waals surface area contributed by atoms with Crippen molar-refractivity contribution < 1.29 is 9.90 Å². The van der Waals surface area contributed by atoms with Crippen LogP contribution in [-0.4, -0.2) is 48.7 Å². The van der Waals surface area contributed by atoms with E-state index in [1.54, 1.807) is 0 Å². The molecule has 0 spiro atoms. The number of amides is 1. The molecule has 1 aliphatic heterocycles. The Hall–Kier alpha value is -0.610. The van der Waals surface area contributed by atoms with Gasteiger partial charge in [0.25, 0.3) is 0 Å². The second-order valence-corrected chi connectivity index (χ2v) is 6.36.